The van der Waals surface area contributed by atoms with Crippen molar-refractivity contribution < 1.29 is 28.6 Å². The molecular weight excluding hydrogens is 793 g/mol. The first-order valence-electron chi connectivity index (χ1n) is 28.7. The van der Waals surface area contributed by atoms with Crippen molar-refractivity contribution in [2.45, 2.75) is 330 Å². The van der Waals surface area contributed by atoms with Gasteiger partial charge >= 0.3 is 17.9 Å². The minimum atomic E-state index is -0.762. The number of carbonyl (C=O) groups excluding carboxylic acids is 3. The molecule has 0 aliphatic heterocycles. The van der Waals surface area contributed by atoms with Gasteiger partial charge in [-0.1, -0.05) is 285 Å². The SMILES string of the molecule is CCCCCCCCCCCCCCCCC(=O)OC[C@H](COC(=O)CCCCCCCCCCCCCCCCCC(C)C)OC(=O)CCCCCCCCCCCCCC(C)C. The molecule has 0 radical (unpaired) electrons. The number of ether oxygens (including phenoxy) is 3. The molecule has 0 aromatic carbocycles. The number of carbonyl (C=O) groups is 3. The van der Waals surface area contributed by atoms with Gasteiger partial charge in [-0.05, 0) is 31.1 Å². The predicted molar refractivity (Wildman–Crippen MR) is 275 cm³/mol. The van der Waals surface area contributed by atoms with E-state index in [0.29, 0.717) is 19.3 Å². The van der Waals surface area contributed by atoms with Gasteiger partial charge in [-0.2, -0.15) is 0 Å². The Morgan fingerprint density at radius 3 is 0.766 bits per heavy atom. The van der Waals surface area contributed by atoms with Crippen molar-refractivity contribution in [1.82, 2.24) is 0 Å². The van der Waals surface area contributed by atoms with Gasteiger partial charge in [0.1, 0.15) is 13.2 Å². The summed E-state index contributed by atoms with van der Waals surface area (Å²) >= 11 is 0. The first kappa shape index (κ1) is 62.4. The largest absolute Gasteiger partial charge is 0.462 e. The topological polar surface area (TPSA) is 78.9 Å². The molecule has 0 bridgehead atoms. The van der Waals surface area contributed by atoms with Gasteiger partial charge in [0, 0.05) is 19.3 Å². The van der Waals surface area contributed by atoms with Crippen LogP contribution in [0, 0.1) is 11.8 Å². The van der Waals surface area contributed by atoms with E-state index in [-0.39, 0.29) is 31.1 Å². The van der Waals surface area contributed by atoms with Gasteiger partial charge in [-0.25, -0.2) is 0 Å². The number of esters is 3. The molecule has 0 heterocycles. The van der Waals surface area contributed by atoms with Crippen LogP contribution in [0.2, 0.25) is 0 Å². The summed E-state index contributed by atoms with van der Waals surface area (Å²) in [5.74, 6) is 0.834. The molecule has 0 aliphatic rings. The number of rotatable bonds is 52. The van der Waals surface area contributed by atoms with E-state index in [1.807, 2.05) is 0 Å². The average molecular weight is 906 g/mol. The third-order valence-electron chi connectivity index (χ3n) is 13.2. The lowest BCUT2D eigenvalue weighted by atomic mass is 10.0. The summed E-state index contributed by atoms with van der Waals surface area (Å²) in [7, 11) is 0. The predicted octanol–water partition coefficient (Wildman–Crippen LogP) is 18.9. The molecule has 1 atom stereocenters. The van der Waals surface area contributed by atoms with Crippen molar-refractivity contribution in [3.63, 3.8) is 0 Å². The molecule has 6 heteroatoms. The van der Waals surface area contributed by atoms with Crippen LogP contribution in [0.4, 0.5) is 0 Å². The number of unbranched alkanes of at least 4 members (excludes halogenated alkanes) is 37. The molecule has 0 aromatic rings. The third-order valence-corrected chi connectivity index (χ3v) is 13.2. The fourth-order valence-electron chi connectivity index (χ4n) is 8.87. The first-order valence-corrected chi connectivity index (χ1v) is 28.7. The molecule has 64 heavy (non-hydrogen) atoms. The first-order chi connectivity index (χ1) is 31.2. The molecule has 0 rings (SSSR count). The van der Waals surface area contributed by atoms with Crippen LogP contribution in [0.1, 0.15) is 324 Å². The molecule has 0 fully saturated rings. The maximum Gasteiger partial charge on any atom is 0.306 e. The van der Waals surface area contributed by atoms with Crippen LogP contribution < -0.4 is 0 Å². The average Bonchev–Trinajstić information content (AvgIpc) is 3.27. The monoisotopic (exact) mass is 905 g/mol. The van der Waals surface area contributed by atoms with Crippen molar-refractivity contribution >= 4 is 17.9 Å². The van der Waals surface area contributed by atoms with Crippen LogP contribution in [0.5, 0.6) is 0 Å². The highest BCUT2D eigenvalue weighted by atomic mass is 16.6. The zero-order valence-corrected chi connectivity index (χ0v) is 43.9. The third kappa shape index (κ3) is 51.4. The molecule has 0 saturated heterocycles. The maximum absolute atomic E-state index is 12.8. The normalized spacial score (nSPS) is 12.0. The van der Waals surface area contributed by atoms with Gasteiger partial charge in [0.05, 0.1) is 0 Å². The lowest BCUT2D eigenvalue weighted by molar-refractivity contribution is -0.167. The zero-order valence-electron chi connectivity index (χ0n) is 43.9. The standard InChI is InChI=1S/C58H112O6/c1-6-7-8-9-10-11-12-13-18-23-28-33-38-43-48-56(59)62-51-55(64-58(61)50-45-40-35-30-25-20-22-27-32-37-42-47-54(4)5)52-63-57(60)49-44-39-34-29-24-19-16-14-15-17-21-26-31-36-41-46-53(2)3/h53-55H,6-52H2,1-5H3/t55-/m1/s1. The molecule has 0 amide bonds. The van der Waals surface area contributed by atoms with E-state index in [1.165, 1.54) is 212 Å². The van der Waals surface area contributed by atoms with Crippen LogP contribution in [-0.2, 0) is 28.6 Å². The van der Waals surface area contributed by atoms with Gasteiger partial charge in [0.2, 0.25) is 0 Å². The highest BCUT2D eigenvalue weighted by Crippen LogP contribution is 2.18. The van der Waals surface area contributed by atoms with Gasteiger partial charge in [-0.3, -0.25) is 14.4 Å². The summed E-state index contributed by atoms with van der Waals surface area (Å²) in [4.78, 5) is 38.1. The highest BCUT2D eigenvalue weighted by Gasteiger charge is 2.19. The van der Waals surface area contributed by atoms with Crippen LogP contribution in [-0.4, -0.2) is 37.2 Å². The summed E-state index contributed by atoms with van der Waals surface area (Å²) in [6.45, 7) is 11.4. The van der Waals surface area contributed by atoms with Crippen LogP contribution in [0.15, 0.2) is 0 Å². The van der Waals surface area contributed by atoms with E-state index in [9.17, 15) is 14.4 Å². The van der Waals surface area contributed by atoms with E-state index in [0.717, 1.165) is 69.6 Å². The Hall–Kier alpha value is -1.59. The highest BCUT2D eigenvalue weighted by molar-refractivity contribution is 5.71. The van der Waals surface area contributed by atoms with E-state index >= 15 is 0 Å². The van der Waals surface area contributed by atoms with Crippen molar-refractivity contribution in [3.05, 3.63) is 0 Å². The fraction of sp³-hybridized carbons (Fsp3) is 0.948. The Kier molecular flexibility index (Phi) is 49.6. The molecule has 0 aromatic heterocycles. The van der Waals surface area contributed by atoms with E-state index < -0.39 is 6.10 Å². The summed E-state index contributed by atoms with van der Waals surface area (Å²) in [5, 5.41) is 0. The van der Waals surface area contributed by atoms with E-state index in [1.54, 1.807) is 0 Å². The molecule has 0 spiro atoms. The second-order valence-corrected chi connectivity index (χ2v) is 20.9. The minimum absolute atomic E-state index is 0.0627. The maximum atomic E-state index is 12.8. The summed E-state index contributed by atoms with van der Waals surface area (Å²) in [6.07, 6.45) is 53.8. The summed E-state index contributed by atoms with van der Waals surface area (Å²) in [5.41, 5.74) is 0. The zero-order chi connectivity index (χ0) is 46.8. The lowest BCUT2D eigenvalue weighted by Crippen LogP contribution is -2.30. The molecule has 0 aliphatic carbocycles. The molecule has 0 saturated carbocycles. The Morgan fingerprint density at radius 2 is 0.516 bits per heavy atom. The quantitative estimate of drug-likeness (QED) is 0.0344. The molecule has 0 N–H and O–H groups in total. The van der Waals surface area contributed by atoms with Gasteiger partial charge in [0.25, 0.3) is 0 Å². The molecule has 6 nitrogen and oxygen atoms in total. The van der Waals surface area contributed by atoms with E-state index in [2.05, 4.69) is 34.6 Å². The summed E-state index contributed by atoms with van der Waals surface area (Å²) in [6, 6.07) is 0. The Bertz CT molecular complexity index is 978. The van der Waals surface area contributed by atoms with Crippen LogP contribution in [0.25, 0.3) is 0 Å². The number of hydrogen-bond donors (Lipinski definition) is 0. The lowest BCUT2D eigenvalue weighted by Gasteiger charge is -2.18. The second kappa shape index (κ2) is 50.8. The van der Waals surface area contributed by atoms with Crippen molar-refractivity contribution in [2.75, 3.05) is 13.2 Å². The van der Waals surface area contributed by atoms with Crippen molar-refractivity contribution in [3.8, 4) is 0 Å². The Morgan fingerprint density at radius 1 is 0.297 bits per heavy atom. The Balaban J connectivity index is 4.28. The Labute approximate surface area is 399 Å². The second-order valence-electron chi connectivity index (χ2n) is 20.9. The van der Waals surface area contributed by atoms with Crippen LogP contribution in [0.3, 0.4) is 0 Å². The van der Waals surface area contributed by atoms with Crippen molar-refractivity contribution in [2.24, 2.45) is 11.8 Å². The molecular formula is C58H112O6. The fourth-order valence-corrected chi connectivity index (χ4v) is 8.87. The van der Waals surface area contributed by atoms with E-state index in [4.69, 9.17) is 14.2 Å². The van der Waals surface area contributed by atoms with Crippen molar-refractivity contribution in [1.29, 1.82) is 0 Å². The molecule has 380 valence electrons. The van der Waals surface area contributed by atoms with Gasteiger partial charge < -0.3 is 14.2 Å². The van der Waals surface area contributed by atoms with Gasteiger partial charge in [-0.15, -0.1) is 0 Å². The smallest absolute Gasteiger partial charge is 0.306 e. The molecule has 0 unspecified atom stereocenters. The minimum Gasteiger partial charge on any atom is -0.462 e. The van der Waals surface area contributed by atoms with Crippen LogP contribution >= 0.6 is 0 Å². The number of hydrogen-bond acceptors (Lipinski definition) is 6. The van der Waals surface area contributed by atoms with Gasteiger partial charge in [0.15, 0.2) is 6.10 Å². The summed E-state index contributed by atoms with van der Waals surface area (Å²) < 4.78 is 16.9.